The number of nitriles is 1. The van der Waals surface area contributed by atoms with Crippen LogP contribution in [-0.4, -0.2) is 29.1 Å². The van der Waals surface area contributed by atoms with Crippen molar-refractivity contribution in [2.75, 3.05) is 0 Å². The molecule has 0 atom stereocenters. The first-order chi connectivity index (χ1) is 17.5. The molecule has 1 N–H and O–H groups in total. The fraction of sp³-hybridized carbons (Fsp3) is 0.222. The highest BCUT2D eigenvalue weighted by atomic mass is 32.3. The Bertz CT molecular complexity index is 1930. The average molecular weight is 519 g/mol. The first-order valence-corrected chi connectivity index (χ1v) is 13.0. The average Bonchev–Trinajstić information content (AvgIpc) is 3.21. The molecule has 5 aromatic rings. The van der Waals surface area contributed by atoms with Crippen LogP contribution >= 0.6 is 0 Å². The fourth-order valence-electron chi connectivity index (χ4n) is 4.68. The number of rotatable bonds is 5. The van der Waals surface area contributed by atoms with Gasteiger partial charge in [-0.1, -0.05) is 6.07 Å². The van der Waals surface area contributed by atoms with Crippen LogP contribution in [0.4, 0.5) is 3.89 Å². The molecular weight excluding hydrogens is 495 g/mol. The molecule has 0 saturated heterocycles. The van der Waals surface area contributed by atoms with Crippen molar-refractivity contribution in [3.63, 3.8) is 0 Å². The molecule has 0 spiro atoms. The second kappa shape index (κ2) is 8.71. The number of fused-ring (bicyclic) bond motifs is 4. The highest BCUT2D eigenvalue weighted by molar-refractivity contribution is 7.86. The van der Waals surface area contributed by atoms with Crippen LogP contribution in [0.1, 0.15) is 39.3 Å². The van der Waals surface area contributed by atoms with E-state index in [1.54, 1.807) is 30.3 Å². The first-order valence-electron chi connectivity index (χ1n) is 11.6. The predicted molar refractivity (Wildman–Crippen MR) is 140 cm³/mol. The van der Waals surface area contributed by atoms with Crippen molar-refractivity contribution in [1.82, 2.24) is 14.5 Å². The summed E-state index contributed by atoms with van der Waals surface area (Å²) in [6, 6.07) is 11.8. The van der Waals surface area contributed by atoms with E-state index in [2.05, 4.69) is 16.0 Å². The lowest BCUT2D eigenvalue weighted by Gasteiger charge is -2.20. The molecule has 3 heterocycles. The number of halogens is 1. The summed E-state index contributed by atoms with van der Waals surface area (Å²) in [7, 11) is -4.98. The molecule has 8 nitrogen and oxygen atoms in total. The van der Waals surface area contributed by atoms with Crippen molar-refractivity contribution < 1.29 is 17.0 Å². The summed E-state index contributed by atoms with van der Waals surface area (Å²) in [5, 5.41) is 10.9. The second-order valence-corrected chi connectivity index (χ2v) is 10.7. The van der Waals surface area contributed by atoms with E-state index in [0.29, 0.717) is 55.3 Å². The lowest BCUT2D eigenvalue weighted by Crippen LogP contribution is -2.14. The summed E-state index contributed by atoms with van der Waals surface area (Å²) < 4.78 is 44.9. The molecule has 0 fully saturated rings. The number of ether oxygens (including phenoxy) is 1. The van der Waals surface area contributed by atoms with Gasteiger partial charge in [0.25, 0.3) is 0 Å². The van der Waals surface area contributed by atoms with Crippen LogP contribution in [0.15, 0.2) is 58.5 Å². The quantitative estimate of drug-likeness (QED) is 0.303. The van der Waals surface area contributed by atoms with Crippen LogP contribution in [0.5, 0.6) is 5.75 Å². The van der Waals surface area contributed by atoms with E-state index in [9.17, 15) is 22.4 Å². The molecule has 0 aliphatic carbocycles. The van der Waals surface area contributed by atoms with Crippen molar-refractivity contribution in [1.29, 1.82) is 5.26 Å². The number of nitrogens with zero attached hydrogens (tertiary/aromatic N) is 3. The van der Waals surface area contributed by atoms with Gasteiger partial charge in [-0.3, -0.25) is 9.78 Å². The molecule has 3 aromatic heterocycles. The molecule has 0 saturated carbocycles. The van der Waals surface area contributed by atoms with Crippen LogP contribution in [0, 0.1) is 11.3 Å². The van der Waals surface area contributed by atoms with Crippen molar-refractivity contribution in [2.45, 2.75) is 44.7 Å². The van der Waals surface area contributed by atoms with Gasteiger partial charge >= 0.3 is 10.2 Å². The summed E-state index contributed by atoms with van der Waals surface area (Å²) in [4.78, 5) is 20.5. The standard InChI is InChI=1S/C27H23FN4O4S/c1-14(2)32-23-9-20(17-8-18(13-30-12-17)37(28,34)35)24(36-15(3)4)10-21(23)26(33)25-19-6-5-16(11-29)7-22(19)31-27(25)32/h5-10,12-15,31H,1-4H3. The lowest BCUT2D eigenvalue weighted by molar-refractivity contribution is 0.244. The van der Waals surface area contributed by atoms with Gasteiger partial charge in [-0.05, 0) is 58.0 Å². The van der Waals surface area contributed by atoms with E-state index in [0.717, 1.165) is 6.20 Å². The van der Waals surface area contributed by atoms with Gasteiger partial charge in [0.1, 0.15) is 16.3 Å². The Labute approximate surface area is 212 Å². The number of aromatic nitrogens is 3. The topological polar surface area (TPSA) is 118 Å². The summed E-state index contributed by atoms with van der Waals surface area (Å²) in [6.07, 6.45) is 2.10. The molecule has 0 amide bonds. The zero-order valence-electron chi connectivity index (χ0n) is 20.5. The van der Waals surface area contributed by atoms with Gasteiger partial charge in [-0.25, -0.2) is 0 Å². The molecular formula is C27H23FN4O4S. The van der Waals surface area contributed by atoms with Crippen LogP contribution in [-0.2, 0) is 10.2 Å². The SMILES string of the molecule is CC(C)Oc1cc2c(=O)c3c4ccc(C#N)cc4[nH]c3n(C(C)C)c2cc1-c1cncc(S(=O)(=O)F)c1. The third kappa shape index (κ3) is 4.11. The molecule has 0 bridgehead atoms. The molecule has 10 heteroatoms. The van der Waals surface area contributed by atoms with E-state index in [-0.39, 0.29) is 17.6 Å². The fourth-order valence-corrected chi connectivity index (χ4v) is 5.14. The normalized spacial score (nSPS) is 12.2. The Kier molecular flexibility index (Phi) is 5.76. The molecule has 0 aliphatic heterocycles. The third-order valence-electron chi connectivity index (χ3n) is 6.16. The summed E-state index contributed by atoms with van der Waals surface area (Å²) in [5.41, 5.74) is 2.90. The maximum absolute atomic E-state index is 13.9. The van der Waals surface area contributed by atoms with E-state index in [4.69, 9.17) is 4.74 Å². The van der Waals surface area contributed by atoms with Gasteiger partial charge in [0.15, 0.2) is 5.43 Å². The largest absolute Gasteiger partial charge is 0.490 e. The number of aromatic amines is 1. The Morgan fingerprint density at radius 2 is 1.84 bits per heavy atom. The summed E-state index contributed by atoms with van der Waals surface area (Å²) in [6.45, 7) is 7.62. The van der Waals surface area contributed by atoms with Crippen LogP contribution in [0.25, 0.3) is 44.0 Å². The van der Waals surface area contributed by atoms with Crippen molar-refractivity contribution in [3.05, 3.63) is 64.6 Å². The Hall–Kier alpha value is -4.23. The Balaban J connectivity index is 1.94. The van der Waals surface area contributed by atoms with Crippen LogP contribution in [0.3, 0.4) is 0 Å². The molecule has 188 valence electrons. The zero-order valence-corrected chi connectivity index (χ0v) is 21.4. The van der Waals surface area contributed by atoms with Crippen molar-refractivity contribution in [3.8, 4) is 22.9 Å². The minimum Gasteiger partial charge on any atom is -0.490 e. The number of benzene rings is 2. The Morgan fingerprint density at radius 3 is 2.49 bits per heavy atom. The summed E-state index contributed by atoms with van der Waals surface area (Å²) in [5.74, 6) is 0.344. The van der Waals surface area contributed by atoms with E-state index in [1.165, 1.54) is 12.3 Å². The van der Waals surface area contributed by atoms with E-state index >= 15 is 0 Å². The maximum Gasteiger partial charge on any atom is 0.333 e. The lowest BCUT2D eigenvalue weighted by atomic mass is 10.0. The highest BCUT2D eigenvalue weighted by Crippen LogP contribution is 2.37. The van der Waals surface area contributed by atoms with Gasteiger partial charge in [-0.2, -0.15) is 13.7 Å². The van der Waals surface area contributed by atoms with Gasteiger partial charge in [0.2, 0.25) is 0 Å². The van der Waals surface area contributed by atoms with Crippen molar-refractivity contribution in [2.24, 2.45) is 0 Å². The van der Waals surface area contributed by atoms with E-state index in [1.807, 2.05) is 32.3 Å². The van der Waals surface area contributed by atoms with Crippen LogP contribution in [0.2, 0.25) is 0 Å². The van der Waals surface area contributed by atoms with Gasteiger partial charge in [0, 0.05) is 40.5 Å². The number of hydrogen-bond donors (Lipinski definition) is 1. The smallest absolute Gasteiger partial charge is 0.333 e. The van der Waals surface area contributed by atoms with Gasteiger partial charge < -0.3 is 14.3 Å². The molecule has 2 aromatic carbocycles. The zero-order chi connectivity index (χ0) is 26.6. The molecule has 0 unspecified atom stereocenters. The van der Waals surface area contributed by atoms with Crippen LogP contribution < -0.4 is 10.2 Å². The van der Waals surface area contributed by atoms with Gasteiger partial charge in [0.05, 0.1) is 34.0 Å². The first kappa shape index (κ1) is 24.5. The molecule has 5 rings (SSSR count). The number of hydrogen-bond acceptors (Lipinski definition) is 6. The minimum absolute atomic E-state index is 0.0884. The Morgan fingerprint density at radius 1 is 1.08 bits per heavy atom. The van der Waals surface area contributed by atoms with E-state index < -0.39 is 15.1 Å². The van der Waals surface area contributed by atoms with Gasteiger partial charge in [-0.15, -0.1) is 3.89 Å². The summed E-state index contributed by atoms with van der Waals surface area (Å²) >= 11 is 0. The maximum atomic E-state index is 13.9. The predicted octanol–water partition coefficient (Wildman–Crippen LogP) is 5.60. The number of H-pyrrole nitrogens is 1. The van der Waals surface area contributed by atoms with Crippen molar-refractivity contribution >= 4 is 43.1 Å². The highest BCUT2D eigenvalue weighted by Gasteiger charge is 2.22. The minimum atomic E-state index is -4.98. The monoisotopic (exact) mass is 518 g/mol. The second-order valence-electron chi connectivity index (χ2n) is 9.39. The molecule has 0 aliphatic rings. The molecule has 0 radical (unpaired) electrons. The number of nitrogens with one attached hydrogen (secondary N) is 1. The molecule has 37 heavy (non-hydrogen) atoms. The number of pyridine rings is 2. The third-order valence-corrected chi connectivity index (χ3v) is 6.95.